The molecule has 0 saturated heterocycles. The molecule has 0 unspecified atom stereocenters. The van der Waals surface area contributed by atoms with Crippen molar-refractivity contribution in [3.05, 3.63) is 78.0 Å². The number of aromatic carboxylic acids is 1. The smallest absolute Gasteiger partial charge is 0.336 e. The SMILES string of the molecule is Cc1ccc(-c2c(C(=O)O)ccn3c(-c4ccccc4)nnc23)cc1. The number of fused-ring (bicyclic) bond motifs is 1. The summed E-state index contributed by atoms with van der Waals surface area (Å²) in [6.07, 6.45) is 1.71. The van der Waals surface area contributed by atoms with Crippen molar-refractivity contribution in [1.82, 2.24) is 14.6 Å². The maximum atomic E-state index is 11.7. The molecule has 2 aromatic heterocycles. The number of pyridine rings is 1. The van der Waals surface area contributed by atoms with E-state index in [0.29, 0.717) is 17.0 Å². The van der Waals surface area contributed by atoms with E-state index in [2.05, 4.69) is 10.2 Å². The van der Waals surface area contributed by atoms with Crippen LogP contribution in [0.25, 0.3) is 28.2 Å². The zero-order valence-corrected chi connectivity index (χ0v) is 13.5. The second-order valence-electron chi connectivity index (χ2n) is 5.86. The Kier molecular flexibility index (Phi) is 3.54. The molecule has 0 aliphatic carbocycles. The van der Waals surface area contributed by atoms with Crippen LogP contribution >= 0.6 is 0 Å². The van der Waals surface area contributed by atoms with Gasteiger partial charge in [-0.1, -0.05) is 60.2 Å². The van der Waals surface area contributed by atoms with Crippen LogP contribution in [0.5, 0.6) is 0 Å². The Bertz CT molecular complexity index is 1070. The Morgan fingerprint density at radius 3 is 2.32 bits per heavy atom. The fourth-order valence-corrected chi connectivity index (χ4v) is 2.92. The van der Waals surface area contributed by atoms with Gasteiger partial charge >= 0.3 is 5.97 Å². The van der Waals surface area contributed by atoms with E-state index < -0.39 is 5.97 Å². The van der Waals surface area contributed by atoms with Crippen LogP contribution in [-0.4, -0.2) is 25.7 Å². The molecule has 0 amide bonds. The van der Waals surface area contributed by atoms with Crippen molar-refractivity contribution >= 4 is 11.6 Å². The van der Waals surface area contributed by atoms with Crippen LogP contribution in [0, 0.1) is 6.92 Å². The lowest BCUT2D eigenvalue weighted by atomic mass is 10.00. The number of hydrogen-bond donors (Lipinski definition) is 1. The van der Waals surface area contributed by atoms with Crippen molar-refractivity contribution in [2.45, 2.75) is 6.92 Å². The van der Waals surface area contributed by atoms with Gasteiger partial charge in [0.2, 0.25) is 0 Å². The summed E-state index contributed by atoms with van der Waals surface area (Å²) in [5.41, 5.74) is 4.16. The van der Waals surface area contributed by atoms with Crippen LogP contribution in [0.15, 0.2) is 66.9 Å². The lowest BCUT2D eigenvalue weighted by Crippen LogP contribution is -2.03. The number of carboxylic acids is 1. The zero-order valence-electron chi connectivity index (χ0n) is 13.5. The van der Waals surface area contributed by atoms with E-state index in [9.17, 15) is 9.90 Å². The normalized spacial score (nSPS) is 10.9. The van der Waals surface area contributed by atoms with Gasteiger partial charge in [0.15, 0.2) is 11.5 Å². The van der Waals surface area contributed by atoms with E-state index in [4.69, 9.17) is 0 Å². The minimum Gasteiger partial charge on any atom is -0.478 e. The van der Waals surface area contributed by atoms with Crippen LogP contribution < -0.4 is 0 Å². The maximum absolute atomic E-state index is 11.7. The maximum Gasteiger partial charge on any atom is 0.336 e. The van der Waals surface area contributed by atoms with Gasteiger partial charge in [0, 0.05) is 17.3 Å². The van der Waals surface area contributed by atoms with Crippen molar-refractivity contribution in [3.8, 4) is 22.5 Å². The molecule has 0 fully saturated rings. The van der Waals surface area contributed by atoms with Crippen LogP contribution in [-0.2, 0) is 0 Å². The molecule has 4 aromatic rings. The van der Waals surface area contributed by atoms with Crippen molar-refractivity contribution in [1.29, 1.82) is 0 Å². The lowest BCUT2D eigenvalue weighted by Gasteiger charge is -2.09. The molecule has 122 valence electrons. The first-order valence-corrected chi connectivity index (χ1v) is 7.88. The Morgan fingerprint density at radius 2 is 1.64 bits per heavy atom. The van der Waals surface area contributed by atoms with Crippen LogP contribution in [0.3, 0.4) is 0 Å². The molecule has 1 N–H and O–H groups in total. The third-order valence-electron chi connectivity index (χ3n) is 4.18. The van der Waals surface area contributed by atoms with Crippen LogP contribution in [0.2, 0.25) is 0 Å². The monoisotopic (exact) mass is 329 g/mol. The van der Waals surface area contributed by atoms with Gasteiger partial charge in [-0.3, -0.25) is 4.40 Å². The number of carboxylic acid groups (broad SMARTS) is 1. The fourth-order valence-electron chi connectivity index (χ4n) is 2.92. The number of aromatic nitrogens is 3. The molecular weight excluding hydrogens is 314 g/mol. The minimum atomic E-state index is -0.984. The molecule has 5 heteroatoms. The molecule has 5 nitrogen and oxygen atoms in total. The summed E-state index contributed by atoms with van der Waals surface area (Å²) in [5, 5.41) is 18.2. The standard InChI is InChI=1S/C20H15N3O2/c1-13-7-9-14(10-8-13)17-16(20(24)25)11-12-23-18(21-22-19(17)23)15-5-3-2-4-6-15/h2-12H,1H3,(H,24,25). The topological polar surface area (TPSA) is 67.5 Å². The van der Waals surface area contributed by atoms with Crippen LogP contribution in [0.4, 0.5) is 0 Å². The third-order valence-corrected chi connectivity index (χ3v) is 4.18. The average Bonchev–Trinajstić information content (AvgIpc) is 3.06. The molecule has 0 radical (unpaired) electrons. The highest BCUT2D eigenvalue weighted by atomic mass is 16.4. The molecule has 0 spiro atoms. The zero-order chi connectivity index (χ0) is 17.4. The van der Waals surface area contributed by atoms with Crippen molar-refractivity contribution in [2.24, 2.45) is 0 Å². The highest BCUT2D eigenvalue weighted by Crippen LogP contribution is 2.30. The van der Waals surface area contributed by atoms with Crippen molar-refractivity contribution in [3.63, 3.8) is 0 Å². The summed E-state index contributed by atoms with van der Waals surface area (Å²) in [4.78, 5) is 11.7. The van der Waals surface area contributed by atoms with E-state index in [1.54, 1.807) is 12.3 Å². The van der Waals surface area contributed by atoms with E-state index >= 15 is 0 Å². The number of nitrogens with zero attached hydrogens (tertiary/aromatic N) is 3. The first-order valence-electron chi connectivity index (χ1n) is 7.88. The molecule has 0 bridgehead atoms. The van der Waals surface area contributed by atoms with E-state index in [-0.39, 0.29) is 5.56 Å². The van der Waals surface area contributed by atoms with E-state index in [0.717, 1.165) is 16.7 Å². The molecule has 0 aliphatic heterocycles. The largest absolute Gasteiger partial charge is 0.478 e. The van der Waals surface area contributed by atoms with Crippen molar-refractivity contribution < 1.29 is 9.90 Å². The molecular formula is C20H15N3O2. The quantitative estimate of drug-likeness (QED) is 0.615. The van der Waals surface area contributed by atoms with Gasteiger partial charge in [-0.15, -0.1) is 10.2 Å². The third kappa shape index (κ3) is 2.55. The predicted octanol–water partition coefficient (Wildman–Crippen LogP) is 4.07. The van der Waals surface area contributed by atoms with Gasteiger partial charge in [-0.2, -0.15) is 0 Å². The number of aryl methyl sites for hydroxylation is 1. The van der Waals surface area contributed by atoms with Gasteiger partial charge in [-0.05, 0) is 18.6 Å². The summed E-state index contributed by atoms with van der Waals surface area (Å²) in [6, 6.07) is 19.0. The summed E-state index contributed by atoms with van der Waals surface area (Å²) >= 11 is 0. The van der Waals surface area contributed by atoms with Crippen molar-refractivity contribution in [2.75, 3.05) is 0 Å². The Labute approximate surface area is 144 Å². The first-order chi connectivity index (χ1) is 12.1. The summed E-state index contributed by atoms with van der Waals surface area (Å²) in [7, 11) is 0. The molecule has 2 heterocycles. The highest BCUT2D eigenvalue weighted by molar-refractivity contribution is 6.00. The number of rotatable bonds is 3. The first kappa shape index (κ1) is 15.1. The Balaban J connectivity index is 2.02. The molecule has 2 aromatic carbocycles. The second-order valence-corrected chi connectivity index (χ2v) is 5.86. The molecule has 4 rings (SSSR count). The molecule has 25 heavy (non-hydrogen) atoms. The molecule has 0 saturated carbocycles. The highest BCUT2D eigenvalue weighted by Gasteiger charge is 2.19. The van der Waals surface area contributed by atoms with Gasteiger partial charge in [0.25, 0.3) is 0 Å². The van der Waals surface area contributed by atoms with E-state index in [1.165, 1.54) is 0 Å². The fraction of sp³-hybridized carbons (Fsp3) is 0.0500. The number of carbonyl (C=O) groups is 1. The predicted molar refractivity (Wildman–Crippen MR) is 95.6 cm³/mol. The minimum absolute atomic E-state index is 0.211. The summed E-state index contributed by atoms with van der Waals surface area (Å²) in [5.74, 6) is -0.303. The molecule has 0 atom stereocenters. The Hall–Kier alpha value is -3.47. The molecule has 0 aliphatic rings. The van der Waals surface area contributed by atoms with Gasteiger partial charge < -0.3 is 5.11 Å². The van der Waals surface area contributed by atoms with Gasteiger partial charge in [0.05, 0.1) is 5.56 Å². The number of hydrogen-bond acceptors (Lipinski definition) is 3. The summed E-state index contributed by atoms with van der Waals surface area (Å²) in [6.45, 7) is 1.99. The lowest BCUT2D eigenvalue weighted by molar-refractivity contribution is 0.0697. The van der Waals surface area contributed by atoms with Gasteiger partial charge in [-0.25, -0.2) is 4.79 Å². The second kappa shape index (κ2) is 5.87. The Morgan fingerprint density at radius 1 is 0.920 bits per heavy atom. The van der Waals surface area contributed by atoms with Gasteiger partial charge in [0.1, 0.15) is 0 Å². The van der Waals surface area contributed by atoms with E-state index in [1.807, 2.05) is 65.9 Å². The van der Waals surface area contributed by atoms with Crippen LogP contribution in [0.1, 0.15) is 15.9 Å². The average molecular weight is 329 g/mol. The number of benzene rings is 2. The summed E-state index contributed by atoms with van der Waals surface area (Å²) < 4.78 is 1.83.